The zero-order valence-electron chi connectivity index (χ0n) is 10.5. The van der Waals surface area contributed by atoms with Crippen molar-refractivity contribution in [3.05, 3.63) is 51.5 Å². The van der Waals surface area contributed by atoms with Crippen LogP contribution in [0.4, 0.5) is 5.69 Å². The lowest BCUT2D eigenvalue weighted by Gasteiger charge is -2.11. The molecule has 2 aromatic rings. The maximum Gasteiger partial charge on any atom is 0.256 e. The zero-order chi connectivity index (χ0) is 15.6. The van der Waals surface area contributed by atoms with Gasteiger partial charge in [0.25, 0.3) is 5.24 Å². The fourth-order valence-electron chi connectivity index (χ4n) is 1.75. The molecule has 0 fully saturated rings. The first-order valence-corrected chi connectivity index (χ1v) is 6.95. The van der Waals surface area contributed by atoms with Gasteiger partial charge in [-0.2, -0.15) is 0 Å². The predicted molar refractivity (Wildman–Crippen MR) is 83.7 cm³/mol. The second-order valence-corrected chi connectivity index (χ2v) is 5.45. The van der Waals surface area contributed by atoms with Crippen molar-refractivity contribution in [2.75, 3.05) is 5.32 Å². The minimum Gasteiger partial charge on any atom is -0.507 e. The second kappa shape index (κ2) is 6.43. The Labute approximate surface area is 135 Å². The fraction of sp³-hybridized carbons (Fsp3) is 0.0714. The molecule has 0 aliphatic carbocycles. The van der Waals surface area contributed by atoms with E-state index in [2.05, 4.69) is 5.32 Å². The Morgan fingerprint density at radius 3 is 2.48 bits per heavy atom. The summed E-state index contributed by atoms with van der Waals surface area (Å²) in [6.45, 7) is 0.286. The van der Waals surface area contributed by atoms with Gasteiger partial charge in [-0.05, 0) is 41.4 Å². The van der Waals surface area contributed by atoms with Gasteiger partial charge in [0.15, 0.2) is 5.75 Å². The van der Waals surface area contributed by atoms with Crippen molar-refractivity contribution in [2.45, 2.75) is 6.54 Å². The lowest BCUT2D eigenvalue weighted by Crippen LogP contribution is -2.01. The average Bonchev–Trinajstić information content (AvgIpc) is 2.40. The van der Waals surface area contributed by atoms with Crippen molar-refractivity contribution in [3.8, 4) is 11.5 Å². The highest BCUT2D eigenvalue weighted by atomic mass is 35.5. The van der Waals surface area contributed by atoms with Crippen LogP contribution in [0.25, 0.3) is 0 Å². The minimum atomic E-state index is -0.730. The second-order valence-electron chi connectivity index (χ2n) is 4.26. The molecule has 4 nitrogen and oxygen atoms in total. The van der Waals surface area contributed by atoms with E-state index in [0.29, 0.717) is 16.3 Å². The van der Waals surface area contributed by atoms with Crippen LogP contribution in [0.15, 0.2) is 30.3 Å². The van der Waals surface area contributed by atoms with Gasteiger partial charge < -0.3 is 15.5 Å². The van der Waals surface area contributed by atoms with Crippen molar-refractivity contribution < 1.29 is 15.0 Å². The first-order valence-electron chi connectivity index (χ1n) is 5.82. The standard InChI is InChI=1S/C14H10Cl3NO3/c15-8-4-10(16)13(20)11(5-8)18-6-7-1-2-9(14(17)21)12(19)3-7/h1-5,18-20H,6H2. The Kier molecular flexibility index (Phi) is 4.83. The summed E-state index contributed by atoms with van der Waals surface area (Å²) in [5.41, 5.74) is 1.09. The van der Waals surface area contributed by atoms with Crippen LogP contribution in [-0.4, -0.2) is 15.5 Å². The zero-order valence-corrected chi connectivity index (χ0v) is 12.8. The topological polar surface area (TPSA) is 69.6 Å². The molecule has 2 aromatic carbocycles. The summed E-state index contributed by atoms with van der Waals surface area (Å²) in [5.74, 6) is -0.319. The Balaban J connectivity index is 2.17. The first-order chi connectivity index (χ1) is 9.88. The third-order valence-corrected chi connectivity index (χ3v) is 3.49. The number of phenolic OH excluding ortho intramolecular Hbond substituents is 2. The van der Waals surface area contributed by atoms with Gasteiger partial charge in [0, 0.05) is 11.6 Å². The van der Waals surface area contributed by atoms with Gasteiger partial charge in [0.2, 0.25) is 0 Å². The summed E-state index contributed by atoms with van der Waals surface area (Å²) in [4.78, 5) is 11.0. The Morgan fingerprint density at radius 1 is 1.14 bits per heavy atom. The quantitative estimate of drug-likeness (QED) is 0.567. The monoisotopic (exact) mass is 345 g/mol. The van der Waals surface area contributed by atoms with E-state index in [1.54, 1.807) is 6.07 Å². The van der Waals surface area contributed by atoms with Crippen LogP contribution in [0, 0.1) is 0 Å². The molecule has 0 aliphatic heterocycles. The maximum absolute atomic E-state index is 11.0. The summed E-state index contributed by atoms with van der Waals surface area (Å²) in [6, 6.07) is 7.42. The molecule has 0 bridgehead atoms. The number of benzene rings is 2. The summed E-state index contributed by atoms with van der Waals surface area (Å²) in [7, 11) is 0. The number of hydrogen-bond acceptors (Lipinski definition) is 4. The van der Waals surface area contributed by atoms with Gasteiger partial charge in [-0.3, -0.25) is 4.79 Å². The van der Waals surface area contributed by atoms with Gasteiger partial charge in [-0.15, -0.1) is 0 Å². The van der Waals surface area contributed by atoms with Gasteiger partial charge in [-0.25, -0.2) is 0 Å². The summed E-state index contributed by atoms with van der Waals surface area (Å²) in [6.07, 6.45) is 0. The highest BCUT2D eigenvalue weighted by molar-refractivity contribution is 6.68. The fourth-order valence-corrected chi connectivity index (χ4v) is 2.40. The lowest BCUT2D eigenvalue weighted by molar-refractivity contribution is 0.107. The molecular weight excluding hydrogens is 337 g/mol. The van der Waals surface area contributed by atoms with Crippen LogP contribution in [0.2, 0.25) is 10.0 Å². The van der Waals surface area contributed by atoms with E-state index in [9.17, 15) is 15.0 Å². The minimum absolute atomic E-state index is 0.0362. The van der Waals surface area contributed by atoms with E-state index in [1.807, 2.05) is 0 Å². The molecule has 7 heteroatoms. The van der Waals surface area contributed by atoms with E-state index in [4.69, 9.17) is 34.8 Å². The molecule has 2 rings (SSSR count). The number of aromatic hydroxyl groups is 2. The van der Waals surface area contributed by atoms with Gasteiger partial charge in [0.1, 0.15) is 5.75 Å². The highest BCUT2D eigenvalue weighted by Crippen LogP contribution is 2.35. The van der Waals surface area contributed by atoms with Crippen molar-refractivity contribution in [1.29, 1.82) is 0 Å². The molecule has 3 N–H and O–H groups in total. The molecule has 21 heavy (non-hydrogen) atoms. The average molecular weight is 347 g/mol. The third kappa shape index (κ3) is 3.73. The molecule has 0 amide bonds. The normalized spacial score (nSPS) is 10.4. The first kappa shape index (κ1) is 15.8. The number of rotatable bonds is 4. The van der Waals surface area contributed by atoms with E-state index in [1.165, 1.54) is 24.3 Å². The Hall–Kier alpha value is -1.62. The molecule has 0 spiro atoms. The van der Waals surface area contributed by atoms with Crippen molar-refractivity contribution in [3.63, 3.8) is 0 Å². The van der Waals surface area contributed by atoms with Crippen LogP contribution < -0.4 is 5.32 Å². The Bertz CT molecular complexity index is 704. The molecule has 0 aliphatic rings. The van der Waals surface area contributed by atoms with Crippen molar-refractivity contribution in [2.24, 2.45) is 0 Å². The molecule has 0 saturated carbocycles. The SMILES string of the molecule is O=C(Cl)c1ccc(CNc2cc(Cl)cc(Cl)c2O)cc1O. The number of phenols is 2. The molecular formula is C14H10Cl3NO3. The summed E-state index contributed by atoms with van der Waals surface area (Å²) in [5, 5.41) is 22.2. The number of carbonyl (C=O) groups excluding carboxylic acids is 1. The van der Waals surface area contributed by atoms with Gasteiger partial charge >= 0.3 is 0 Å². The molecule has 0 unspecified atom stereocenters. The maximum atomic E-state index is 11.0. The van der Waals surface area contributed by atoms with Gasteiger partial charge in [-0.1, -0.05) is 29.3 Å². The molecule has 0 radical (unpaired) electrons. The van der Waals surface area contributed by atoms with Crippen LogP contribution in [0.1, 0.15) is 15.9 Å². The lowest BCUT2D eigenvalue weighted by atomic mass is 10.1. The Morgan fingerprint density at radius 2 is 1.86 bits per heavy atom. The molecule has 110 valence electrons. The smallest absolute Gasteiger partial charge is 0.256 e. The van der Waals surface area contributed by atoms with E-state index < -0.39 is 5.24 Å². The molecule has 0 heterocycles. The van der Waals surface area contributed by atoms with E-state index >= 15 is 0 Å². The van der Waals surface area contributed by atoms with Crippen molar-refractivity contribution >= 4 is 45.7 Å². The van der Waals surface area contributed by atoms with Crippen LogP contribution in [0.3, 0.4) is 0 Å². The molecule has 0 aromatic heterocycles. The highest BCUT2D eigenvalue weighted by Gasteiger charge is 2.10. The van der Waals surface area contributed by atoms with E-state index in [0.717, 1.165) is 0 Å². The molecule has 0 atom stereocenters. The third-order valence-electron chi connectivity index (χ3n) is 2.79. The number of halogens is 3. The van der Waals surface area contributed by atoms with Crippen molar-refractivity contribution in [1.82, 2.24) is 0 Å². The summed E-state index contributed by atoms with van der Waals surface area (Å²) >= 11 is 17.0. The van der Waals surface area contributed by atoms with Crippen LogP contribution in [0.5, 0.6) is 11.5 Å². The molecule has 0 saturated heterocycles. The van der Waals surface area contributed by atoms with E-state index in [-0.39, 0.29) is 28.6 Å². The number of nitrogens with one attached hydrogen (secondary N) is 1. The van der Waals surface area contributed by atoms with Crippen LogP contribution >= 0.6 is 34.8 Å². The number of carbonyl (C=O) groups is 1. The number of hydrogen-bond donors (Lipinski definition) is 3. The largest absolute Gasteiger partial charge is 0.507 e. The summed E-state index contributed by atoms with van der Waals surface area (Å²) < 4.78 is 0. The number of anilines is 1. The van der Waals surface area contributed by atoms with Crippen LogP contribution in [-0.2, 0) is 6.54 Å². The van der Waals surface area contributed by atoms with Gasteiger partial charge in [0.05, 0.1) is 16.3 Å². The predicted octanol–water partition coefficient (Wildman–Crippen LogP) is 4.40.